The fraction of sp³-hybridized carbons (Fsp3) is 0.522. The highest BCUT2D eigenvalue weighted by Gasteiger charge is 2.43. The molecule has 0 bridgehead atoms. The average molecular weight is 428 g/mol. The number of β-amino-alcohol motifs (C(OH)–C–C–N with tert-alkyl or cyclic N) is 1. The quantitative estimate of drug-likeness (QED) is 0.645. The van der Waals surface area contributed by atoms with E-state index in [-0.39, 0.29) is 30.2 Å². The lowest BCUT2D eigenvalue weighted by Crippen LogP contribution is -2.55. The van der Waals surface area contributed by atoms with Gasteiger partial charge in [0.05, 0.1) is 17.8 Å². The molecule has 0 saturated carbocycles. The summed E-state index contributed by atoms with van der Waals surface area (Å²) in [4.78, 5) is 27.5. The van der Waals surface area contributed by atoms with Gasteiger partial charge in [0, 0.05) is 32.8 Å². The lowest BCUT2D eigenvalue weighted by atomic mass is 9.86. The van der Waals surface area contributed by atoms with Crippen LogP contribution in [0.4, 0.5) is 0 Å². The van der Waals surface area contributed by atoms with Crippen molar-refractivity contribution >= 4 is 11.8 Å². The van der Waals surface area contributed by atoms with Gasteiger partial charge >= 0.3 is 0 Å². The second-order valence-corrected chi connectivity index (χ2v) is 9.24. The number of nitrogens with one attached hydrogen (secondary N) is 2. The van der Waals surface area contributed by atoms with Gasteiger partial charge in [0.25, 0.3) is 0 Å². The van der Waals surface area contributed by atoms with Crippen LogP contribution in [0.15, 0.2) is 36.5 Å². The Morgan fingerprint density at radius 1 is 1.23 bits per heavy atom. The summed E-state index contributed by atoms with van der Waals surface area (Å²) in [5, 5.41) is 20.3. The van der Waals surface area contributed by atoms with Crippen molar-refractivity contribution in [2.24, 2.45) is 12.5 Å². The lowest BCUT2D eigenvalue weighted by Gasteiger charge is -2.34. The monoisotopic (exact) mass is 427 g/mol. The van der Waals surface area contributed by atoms with E-state index in [9.17, 15) is 14.7 Å². The Kier molecular flexibility index (Phi) is 6.81. The Hall–Kier alpha value is -2.71. The molecule has 1 aromatic carbocycles. The lowest BCUT2D eigenvalue weighted by molar-refractivity contribution is -0.142. The van der Waals surface area contributed by atoms with Crippen LogP contribution in [-0.4, -0.2) is 63.4 Å². The number of hydrogen-bond donors (Lipinski definition) is 3. The summed E-state index contributed by atoms with van der Waals surface area (Å²) in [6.07, 6.45) is 1.30. The van der Waals surface area contributed by atoms with E-state index in [0.717, 1.165) is 16.8 Å². The third kappa shape index (κ3) is 5.14. The molecule has 31 heavy (non-hydrogen) atoms. The molecule has 3 N–H and O–H groups in total. The van der Waals surface area contributed by atoms with E-state index < -0.39 is 18.2 Å². The van der Waals surface area contributed by atoms with Crippen molar-refractivity contribution in [3.8, 4) is 11.3 Å². The van der Waals surface area contributed by atoms with Crippen molar-refractivity contribution in [1.29, 1.82) is 0 Å². The molecule has 1 saturated heterocycles. The van der Waals surface area contributed by atoms with E-state index in [1.807, 2.05) is 62.8 Å². The van der Waals surface area contributed by atoms with Gasteiger partial charge < -0.3 is 20.6 Å². The zero-order valence-corrected chi connectivity index (χ0v) is 18.9. The maximum Gasteiger partial charge on any atom is 0.243 e. The van der Waals surface area contributed by atoms with Crippen LogP contribution in [0.1, 0.15) is 32.8 Å². The van der Waals surface area contributed by atoms with Crippen molar-refractivity contribution in [1.82, 2.24) is 25.3 Å². The van der Waals surface area contributed by atoms with Crippen LogP contribution in [0.25, 0.3) is 11.3 Å². The molecular formula is C23H33N5O3. The molecule has 1 fully saturated rings. The van der Waals surface area contributed by atoms with Crippen molar-refractivity contribution in [2.45, 2.75) is 51.9 Å². The number of aromatic nitrogens is 2. The number of likely N-dealkylation sites (tertiary alicyclic amines) is 1. The predicted molar refractivity (Wildman–Crippen MR) is 119 cm³/mol. The van der Waals surface area contributed by atoms with Gasteiger partial charge in [-0.1, -0.05) is 45.0 Å². The first-order valence-corrected chi connectivity index (χ1v) is 10.6. The van der Waals surface area contributed by atoms with Gasteiger partial charge in [-0.3, -0.25) is 14.3 Å². The molecular weight excluding hydrogens is 394 g/mol. The first-order chi connectivity index (χ1) is 14.6. The van der Waals surface area contributed by atoms with Gasteiger partial charge in [-0.2, -0.15) is 5.10 Å². The molecule has 1 unspecified atom stereocenters. The molecule has 1 aromatic heterocycles. The largest absolute Gasteiger partial charge is 0.391 e. The summed E-state index contributed by atoms with van der Waals surface area (Å²) in [5.41, 5.74) is 2.71. The standard InChI is InChI=1S/C23H33N5O3/c1-23(2,3)20(24-4)22(31)28-14-17(29)12-19(28)21(30)25-13-15-6-8-16(9-7-15)18-10-11-26-27(18)5/h6-11,17,19-20,24,29H,12-14H2,1-5H3,(H,25,30)/t17-,19+,20?/m1/s1. The Morgan fingerprint density at radius 2 is 1.90 bits per heavy atom. The van der Waals surface area contributed by atoms with Gasteiger partial charge in [-0.15, -0.1) is 0 Å². The second-order valence-electron chi connectivity index (χ2n) is 9.24. The van der Waals surface area contributed by atoms with Crippen molar-refractivity contribution in [2.75, 3.05) is 13.6 Å². The average Bonchev–Trinajstić information content (AvgIpc) is 3.31. The van der Waals surface area contributed by atoms with E-state index in [1.54, 1.807) is 13.2 Å². The number of hydrogen-bond acceptors (Lipinski definition) is 5. The molecule has 2 amide bonds. The van der Waals surface area contributed by atoms with Crippen LogP contribution in [0.2, 0.25) is 0 Å². The molecule has 168 valence electrons. The summed E-state index contributed by atoms with van der Waals surface area (Å²) >= 11 is 0. The number of likely N-dealkylation sites (N-methyl/N-ethyl adjacent to an activating group) is 1. The molecule has 0 radical (unpaired) electrons. The maximum absolute atomic E-state index is 13.1. The van der Waals surface area contributed by atoms with Crippen LogP contribution in [-0.2, 0) is 23.2 Å². The molecule has 0 aliphatic carbocycles. The maximum atomic E-state index is 13.1. The van der Waals surface area contributed by atoms with Crippen LogP contribution in [0, 0.1) is 5.41 Å². The second kappa shape index (κ2) is 9.20. The van der Waals surface area contributed by atoms with E-state index >= 15 is 0 Å². The molecule has 8 heteroatoms. The van der Waals surface area contributed by atoms with Crippen molar-refractivity contribution < 1.29 is 14.7 Å². The molecule has 8 nitrogen and oxygen atoms in total. The molecule has 2 aromatic rings. The third-order valence-electron chi connectivity index (χ3n) is 5.80. The minimum atomic E-state index is -0.699. The minimum Gasteiger partial charge on any atom is -0.391 e. The Balaban J connectivity index is 1.65. The zero-order valence-electron chi connectivity index (χ0n) is 18.9. The fourth-order valence-electron chi connectivity index (χ4n) is 4.16. The van der Waals surface area contributed by atoms with E-state index in [1.165, 1.54) is 4.90 Å². The number of benzene rings is 1. The first kappa shape index (κ1) is 23.0. The normalized spacial score (nSPS) is 20.0. The highest BCUT2D eigenvalue weighted by molar-refractivity contribution is 5.91. The number of amides is 2. The highest BCUT2D eigenvalue weighted by Crippen LogP contribution is 2.26. The fourth-order valence-corrected chi connectivity index (χ4v) is 4.16. The zero-order chi connectivity index (χ0) is 22.8. The molecule has 3 atom stereocenters. The number of nitrogens with zero attached hydrogens (tertiary/aromatic N) is 3. The topological polar surface area (TPSA) is 99.5 Å². The van der Waals surface area contributed by atoms with Crippen molar-refractivity contribution in [3.63, 3.8) is 0 Å². The van der Waals surface area contributed by atoms with E-state index in [4.69, 9.17) is 0 Å². The van der Waals surface area contributed by atoms with Gasteiger partial charge in [0.2, 0.25) is 11.8 Å². The summed E-state index contributed by atoms with van der Waals surface area (Å²) in [5.74, 6) is -0.406. The van der Waals surface area contributed by atoms with Crippen LogP contribution < -0.4 is 10.6 Å². The summed E-state index contributed by atoms with van der Waals surface area (Å²) in [6.45, 7) is 6.45. The van der Waals surface area contributed by atoms with Crippen LogP contribution in [0.5, 0.6) is 0 Å². The highest BCUT2D eigenvalue weighted by atomic mass is 16.3. The summed E-state index contributed by atoms with van der Waals surface area (Å²) < 4.78 is 1.81. The molecule has 1 aliphatic heterocycles. The Bertz CT molecular complexity index is 916. The Labute approximate surface area is 183 Å². The van der Waals surface area contributed by atoms with E-state index in [0.29, 0.717) is 6.54 Å². The summed E-state index contributed by atoms with van der Waals surface area (Å²) in [7, 11) is 3.63. The number of carbonyl (C=O) groups is 2. The molecule has 3 rings (SSSR count). The van der Waals surface area contributed by atoms with Gasteiger partial charge in [0.15, 0.2) is 0 Å². The van der Waals surface area contributed by atoms with Gasteiger partial charge in [-0.05, 0) is 29.7 Å². The predicted octanol–water partition coefficient (Wildman–Crippen LogP) is 1.30. The number of rotatable bonds is 6. The van der Waals surface area contributed by atoms with E-state index in [2.05, 4.69) is 15.7 Å². The molecule has 0 spiro atoms. The Morgan fingerprint density at radius 3 is 2.45 bits per heavy atom. The molecule has 1 aliphatic rings. The van der Waals surface area contributed by atoms with Crippen LogP contribution in [0.3, 0.4) is 0 Å². The van der Waals surface area contributed by atoms with Gasteiger partial charge in [0.1, 0.15) is 6.04 Å². The third-order valence-corrected chi connectivity index (χ3v) is 5.80. The number of aliphatic hydroxyl groups is 1. The smallest absolute Gasteiger partial charge is 0.243 e. The minimum absolute atomic E-state index is 0.160. The van der Waals surface area contributed by atoms with Crippen molar-refractivity contribution in [3.05, 3.63) is 42.1 Å². The SMILES string of the molecule is CNC(C(=O)N1C[C@H](O)C[C@H]1C(=O)NCc1ccc(-c2ccnn2C)cc1)C(C)(C)C. The summed E-state index contributed by atoms with van der Waals surface area (Å²) in [6, 6.07) is 8.76. The van der Waals surface area contributed by atoms with Crippen LogP contribution >= 0.6 is 0 Å². The molecule has 2 heterocycles. The first-order valence-electron chi connectivity index (χ1n) is 10.6. The number of carbonyl (C=O) groups excluding carboxylic acids is 2. The van der Waals surface area contributed by atoms with Gasteiger partial charge in [-0.25, -0.2) is 0 Å². The number of aliphatic hydroxyl groups excluding tert-OH is 1. The number of aryl methyl sites for hydroxylation is 1.